The summed E-state index contributed by atoms with van der Waals surface area (Å²) in [5, 5.41) is 11.2. The van der Waals surface area contributed by atoms with Gasteiger partial charge in [0.1, 0.15) is 28.8 Å². The molecule has 0 radical (unpaired) electrons. The van der Waals surface area contributed by atoms with Gasteiger partial charge in [-0.05, 0) is 52.3 Å². The Morgan fingerprint density at radius 2 is 1.83 bits per heavy atom. The molecule has 0 saturated carbocycles. The van der Waals surface area contributed by atoms with E-state index >= 15 is 0 Å². The van der Waals surface area contributed by atoms with E-state index in [1.807, 2.05) is 0 Å². The molecule has 0 aromatic heterocycles. The number of benzene rings is 1. The number of nitrogens with one attached hydrogen (secondary N) is 1. The second-order valence-corrected chi connectivity index (χ2v) is 11.0. The molecule has 1 aromatic rings. The number of β-lactam (4-membered cyclic amide) rings is 1. The lowest BCUT2D eigenvalue weighted by atomic mass is 9.95. The summed E-state index contributed by atoms with van der Waals surface area (Å²) in [6.07, 6.45) is 0.0162. The number of fused-ring (bicyclic) bond motifs is 1. The highest BCUT2D eigenvalue weighted by atomic mass is 32.2. The lowest BCUT2D eigenvalue weighted by Crippen LogP contribution is -2.71. The predicted molar refractivity (Wildman–Crippen MR) is 106 cm³/mol. The first-order valence-electron chi connectivity index (χ1n) is 9.36. The van der Waals surface area contributed by atoms with Gasteiger partial charge < -0.3 is 20.1 Å². The molecule has 158 valence electrons. The van der Waals surface area contributed by atoms with Crippen molar-refractivity contribution in [3.63, 3.8) is 0 Å². The molecule has 0 bridgehead atoms. The van der Waals surface area contributed by atoms with E-state index < -0.39 is 56.4 Å². The number of carbonyl (C=O) groups excluding carboxylic acids is 3. The highest BCUT2D eigenvalue weighted by Gasteiger charge is 2.68. The molecule has 1 aromatic carbocycles. The number of hydrogen-bond donors (Lipinski definition) is 2. The fourth-order valence-electron chi connectivity index (χ4n) is 3.66. The highest BCUT2D eigenvalue weighted by molar-refractivity contribution is 7.87. The summed E-state index contributed by atoms with van der Waals surface area (Å²) in [7, 11) is -1.56. The van der Waals surface area contributed by atoms with E-state index in [1.54, 1.807) is 46.8 Å². The molecule has 0 unspecified atom stereocenters. The SMILES string of the molecule is CC(C)(C)OC(=O)[C@@H]1N2C(=O)[C@@H](NC(=O)Cc3ccc(O)cc3)[C@H]2[S@@](=O)C1(C)C. The van der Waals surface area contributed by atoms with Gasteiger partial charge >= 0.3 is 5.97 Å². The van der Waals surface area contributed by atoms with Gasteiger partial charge in [0.25, 0.3) is 0 Å². The van der Waals surface area contributed by atoms with Crippen LogP contribution in [0.5, 0.6) is 5.75 Å². The van der Waals surface area contributed by atoms with Crippen LogP contribution in [0.1, 0.15) is 40.2 Å². The van der Waals surface area contributed by atoms with E-state index in [9.17, 15) is 23.7 Å². The van der Waals surface area contributed by atoms with Crippen molar-refractivity contribution in [3.05, 3.63) is 29.8 Å². The standard InChI is InChI=1S/C20H26N2O6S/c1-19(2,3)28-18(26)15-20(4,5)29(27)17-14(16(25)22(15)17)21-13(24)10-11-6-8-12(23)9-7-11/h6-9,14-15,17,23H,10H2,1-5H3,(H,21,24)/t14-,15+,17-,29-/m1/s1. The van der Waals surface area contributed by atoms with Crippen molar-refractivity contribution in [2.75, 3.05) is 0 Å². The molecule has 2 amide bonds. The third-order valence-electron chi connectivity index (χ3n) is 5.00. The smallest absolute Gasteiger partial charge is 0.330 e. The van der Waals surface area contributed by atoms with Crippen LogP contribution in [0.15, 0.2) is 24.3 Å². The van der Waals surface area contributed by atoms with Crippen LogP contribution < -0.4 is 5.32 Å². The number of hydrogen-bond acceptors (Lipinski definition) is 6. The van der Waals surface area contributed by atoms with Gasteiger partial charge in [-0.3, -0.25) is 13.8 Å². The molecule has 0 aliphatic carbocycles. The van der Waals surface area contributed by atoms with E-state index in [0.29, 0.717) is 5.56 Å². The Kier molecular flexibility index (Phi) is 5.23. The second-order valence-electron chi connectivity index (χ2n) is 8.86. The first kappa shape index (κ1) is 21.3. The van der Waals surface area contributed by atoms with Gasteiger partial charge in [-0.15, -0.1) is 0 Å². The molecular formula is C20H26N2O6S. The van der Waals surface area contributed by atoms with Gasteiger partial charge in [0.2, 0.25) is 11.8 Å². The molecule has 8 nitrogen and oxygen atoms in total. The number of phenols is 1. The molecule has 9 heteroatoms. The van der Waals surface area contributed by atoms with E-state index in [0.717, 1.165) is 0 Å². The van der Waals surface area contributed by atoms with Crippen LogP contribution >= 0.6 is 0 Å². The number of nitrogens with zero attached hydrogens (tertiary/aromatic N) is 1. The molecule has 4 atom stereocenters. The van der Waals surface area contributed by atoms with Crippen molar-refractivity contribution in [3.8, 4) is 5.75 Å². The largest absolute Gasteiger partial charge is 0.508 e. The van der Waals surface area contributed by atoms with Crippen molar-refractivity contribution in [1.82, 2.24) is 10.2 Å². The molecule has 2 N–H and O–H groups in total. The average molecular weight is 423 g/mol. The molecule has 2 aliphatic rings. The number of phenolic OH excluding ortho intramolecular Hbond substituents is 1. The van der Waals surface area contributed by atoms with Crippen LogP contribution in [0, 0.1) is 0 Å². The molecule has 29 heavy (non-hydrogen) atoms. The maximum atomic E-state index is 13.0. The fraction of sp³-hybridized carbons (Fsp3) is 0.550. The predicted octanol–water partition coefficient (Wildman–Crippen LogP) is 0.839. The maximum absolute atomic E-state index is 13.0. The van der Waals surface area contributed by atoms with Crippen LogP contribution in [-0.4, -0.2) is 59.8 Å². The van der Waals surface area contributed by atoms with Crippen LogP contribution in [0.25, 0.3) is 0 Å². The van der Waals surface area contributed by atoms with Crippen molar-refractivity contribution < 1.29 is 28.4 Å². The van der Waals surface area contributed by atoms with Gasteiger partial charge in [0.15, 0.2) is 0 Å². The second kappa shape index (κ2) is 7.12. The quantitative estimate of drug-likeness (QED) is 0.549. The number of amides is 2. The minimum Gasteiger partial charge on any atom is -0.508 e. The average Bonchev–Trinajstić information content (AvgIpc) is 2.78. The first-order valence-corrected chi connectivity index (χ1v) is 10.6. The maximum Gasteiger partial charge on any atom is 0.330 e. The fourth-order valence-corrected chi connectivity index (χ4v) is 5.57. The molecule has 2 saturated heterocycles. The Hall–Kier alpha value is -2.42. The molecule has 3 rings (SSSR count). The Balaban J connectivity index is 1.73. The molecular weight excluding hydrogens is 396 g/mol. The minimum absolute atomic E-state index is 0.0162. The number of esters is 1. The Bertz CT molecular complexity index is 874. The van der Waals surface area contributed by atoms with Crippen molar-refractivity contribution in [2.24, 2.45) is 0 Å². The lowest BCUT2D eigenvalue weighted by molar-refractivity contribution is -0.171. The molecule has 2 heterocycles. The Morgan fingerprint density at radius 1 is 1.24 bits per heavy atom. The van der Waals surface area contributed by atoms with Crippen LogP contribution in [0.4, 0.5) is 0 Å². The van der Waals surface area contributed by atoms with Crippen molar-refractivity contribution in [2.45, 2.75) is 68.8 Å². The van der Waals surface area contributed by atoms with Crippen LogP contribution in [0.2, 0.25) is 0 Å². The van der Waals surface area contributed by atoms with Gasteiger partial charge in [0, 0.05) is 0 Å². The van der Waals surface area contributed by atoms with Gasteiger partial charge in [-0.1, -0.05) is 12.1 Å². The Labute approximate surface area is 172 Å². The summed E-state index contributed by atoms with van der Waals surface area (Å²) < 4.78 is 17.5. The summed E-state index contributed by atoms with van der Waals surface area (Å²) in [6.45, 7) is 8.51. The zero-order valence-electron chi connectivity index (χ0n) is 17.1. The number of aromatic hydroxyl groups is 1. The third kappa shape index (κ3) is 3.88. The topological polar surface area (TPSA) is 113 Å². The van der Waals surface area contributed by atoms with E-state index in [2.05, 4.69) is 5.32 Å². The number of rotatable bonds is 4. The first-order chi connectivity index (χ1) is 13.3. The summed E-state index contributed by atoms with van der Waals surface area (Å²) in [5.74, 6) is -1.34. The van der Waals surface area contributed by atoms with Crippen LogP contribution in [-0.2, 0) is 36.3 Å². The lowest BCUT2D eigenvalue weighted by Gasteiger charge is -2.43. The van der Waals surface area contributed by atoms with Gasteiger partial charge in [-0.25, -0.2) is 4.79 Å². The van der Waals surface area contributed by atoms with Crippen molar-refractivity contribution >= 4 is 28.6 Å². The minimum atomic E-state index is -1.56. The van der Waals surface area contributed by atoms with E-state index in [4.69, 9.17) is 4.74 Å². The highest BCUT2D eigenvalue weighted by Crippen LogP contribution is 2.44. The molecule has 2 fully saturated rings. The normalized spacial score (nSPS) is 27.8. The Morgan fingerprint density at radius 3 is 2.38 bits per heavy atom. The summed E-state index contributed by atoms with van der Waals surface area (Å²) in [5.41, 5.74) is -0.0679. The monoisotopic (exact) mass is 422 g/mol. The van der Waals surface area contributed by atoms with Crippen LogP contribution in [0.3, 0.4) is 0 Å². The molecule has 0 spiro atoms. The number of ether oxygens (including phenoxy) is 1. The molecule has 2 aliphatic heterocycles. The van der Waals surface area contributed by atoms with Crippen molar-refractivity contribution in [1.29, 1.82) is 0 Å². The van der Waals surface area contributed by atoms with Gasteiger partial charge in [0.05, 0.1) is 22.0 Å². The number of carbonyl (C=O) groups is 3. The zero-order valence-corrected chi connectivity index (χ0v) is 17.9. The zero-order chi connectivity index (χ0) is 21.7. The summed E-state index contributed by atoms with van der Waals surface area (Å²) in [4.78, 5) is 39.1. The third-order valence-corrected chi connectivity index (χ3v) is 7.20. The van der Waals surface area contributed by atoms with Gasteiger partial charge in [-0.2, -0.15) is 0 Å². The van der Waals surface area contributed by atoms with E-state index in [1.165, 1.54) is 17.0 Å². The summed E-state index contributed by atoms with van der Waals surface area (Å²) in [6, 6.07) is 4.26. The van der Waals surface area contributed by atoms with E-state index in [-0.39, 0.29) is 12.2 Å². The summed E-state index contributed by atoms with van der Waals surface area (Å²) >= 11 is 0.